The van der Waals surface area contributed by atoms with Crippen LogP contribution in [0.25, 0.3) is 21.5 Å². The van der Waals surface area contributed by atoms with E-state index in [9.17, 15) is 0 Å². The fourth-order valence-corrected chi connectivity index (χ4v) is 3.95. The Hall–Kier alpha value is -3.29. The van der Waals surface area contributed by atoms with E-state index in [1.807, 2.05) is 24.3 Å². The van der Waals surface area contributed by atoms with Gasteiger partial charge in [0, 0.05) is 22.1 Å². The van der Waals surface area contributed by atoms with Crippen molar-refractivity contribution < 1.29 is 0 Å². The minimum atomic E-state index is 0.727. The SMILES string of the molecule is Clc1cccc(N(c2ccccc2)c2ccc3ccc4ccccc4c3c2)c1. The van der Waals surface area contributed by atoms with E-state index in [0.717, 1.165) is 22.1 Å². The lowest BCUT2D eigenvalue weighted by Gasteiger charge is -2.26. The highest BCUT2D eigenvalue weighted by Gasteiger charge is 2.13. The minimum Gasteiger partial charge on any atom is -0.310 e. The number of hydrogen-bond donors (Lipinski definition) is 0. The third-order valence-corrected chi connectivity index (χ3v) is 5.30. The molecule has 5 aromatic rings. The molecule has 0 aliphatic heterocycles. The van der Waals surface area contributed by atoms with Gasteiger partial charge in [0.15, 0.2) is 0 Å². The van der Waals surface area contributed by atoms with Crippen LogP contribution in [-0.4, -0.2) is 0 Å². The number of hydrogen-bond acceptors (Lipinski definition) is 1. The first kappa shape index (κ1) is 16.9. The number of benzene rings is 5. The molecule has 0 saturated heterocycles. The van der Waals surface area contributed by atoms with Crippen LogP contribution in [0.4, 0.5) is 17.1 Å². The number of anilines is 3. The highest BCUT2D eigenvalue weighted by Crippen LogP contribution is 2.38. The number of nitrogens with zero attached hydrogens (tertiary/aromatic N) is 1. The molecule has 0 N–H and O–H groups in total. The Morgan fingerprint density at radius 2 is 1.11 bits per heavy atom. The summed E-state index contributed by atoms with van der Waals surface area (Å²) < 4.78 is 0. The highest BCUT2D eigenvalue weighted by atomic mass is 35.5. The topological polar surface area (TPSA) is 3.24 Å². The lowest BCUT2D eigenvalue weighted by molar-refractivity contribution is 1.29. The van der Waals surface area contributed by atoms with Crippen molar-refractivity contribution in [3.63, 3.8) is 0 Å². The first-order valence-corrected chi connectivity index (χ1v) is 9.70. The maximum atomic E-state index is 6.31. The van der Waals surface area contributed by atoms with E-state index in [1.165, 1.54) is 21.5 Å². The van der Waals surface area contributed by atoms with Gasteiger partial charge in [-0.05, 0) is 64.0 Å². The molecule has 0 spiro atoms. The third kappa shape index (κ3) is 3.00. The number of fused-ring (bicyclic) bond motifs is 3. The molecule has 0 heterocycles. The van der Waals surface area contributed by atoms with Gasteiger partial charge in [0.2, 0.25) is 0 Å². The normalized spacial score (nSPS) is 11.0. The molecular weight excluding hydrogens is 362 g/mol. The molecule has 0 aromatic heterocycles. The van der Waals surface area contributed by atoms with Gasteiger partial charge in [0.1, 0.15) is 0 Å². The van der Waals surface area contributed by atoms with E-state index >= 15 is 0 Å². The van der Waals surface area contributed by atoms with Gasteiger partial charge >= 0.3 is 0 Å². The molecule has 0 bridgehead atoms. The zero-order valence-electron chi connectivity index (χ0n) is 15.2. The molecule has 0 radical (unpaired) electrons. The second-order valence-electron chi connectivity index (χ2n) is 6.84. The smallest absolute Gasteiger partial charge is 0.0476 e. The second-order valence-corrected chi connectivity index (χ2v) is 7.28. The van der Waals surface area contributed by atoms with Crippen LogP contribution in [0.15, 0.2) is 109 Å². The van der Waals surface area contributed by atoms with Crippen molar-refractivity contribution >= 4 is 50.2 Å². The maximum Gasteiger partial charge on any atom is 0.0476 e. The van der Waals surface area contributed by atoms with Crippen LogP contribution < -0.4 is 4.90 Å². The summed E-state index contributed by atoms with van der Waals surface area (Å²) in [4.78, 5) is 2.24. The van der Waals surface area contributed by atoms with Crippen molar-refractivity contribution in [2.75, 3.05) is 4.90 Å². The Kier molecular flexibility index (Phi) is 4.23. The number of rotatable bonds is 3. The Balaban J connectivity index is 1.77. The summed E-state index contributed by atoms with van der Waals surface area (Å²) in [6.07, 6.45) is 0. The molecule has 0 aliphatic rings. The van der Waals surface area contributed by atoms with Crippen LogP contribution in [-0.2, 0) is 0 Å². The summed E-state index contributed by atoms with van der Waals surface area (Å²) in [7, 11) is 0. The van der Waals surface area contributed by atoms with E-state index in [2.05, 4.69) is 89.8 Å². The van der Waals surface area contributed by atoms with Crippen LogP contribution in [0.3, 0.4) is 0 Å². The predicted octanol–water partition coefficient (Wildman–Crippen LogP) is 8.12. The molecule has 0 aliphatic carbocycles. The molecule has 134 valence electrons. The quantitative estimate of drug-likeness (QED) is 0.286. The summed E-state index contributed by atoms with van der Waals surface area (Å²) in [5.41, 5.74) is 3.25. The predicted molar refractivity (Wildman–Crippen MR) is 121 cm³/mol. The molecule has 0 atom stereocenters. The van der Waals surface area contributed by atoms with E-state index in [-0.39, 0.29) is 0 Å². The maximum absolute atomic E-state index is 6.31. The zero-order valence-corrected chi connectivity index (χ0v) is 16.0. The fraction of sp³-hybridized carbons (Fsp3) is 0. The summed E-state index contributed by atoms with van der Waals surface area (Å²) in [6.45, 7) is 0. The van der Waals surface area contributed by atoms with Crippen molar-refractivity contribution in [2.45, 2.75) is 0 Å². The molecule has 0 unspecified atom stereocenters. The van der Waals surface area contributed by atoms with E-state index in [0.29, 0.717) is 0 Å². The van der Waals surface area contributed by atoms with E-state index in [4.69, 9.17) is 11.6 Å². The van der Waals surface area contributed by atoms with Gasteiger partial charge in [-0.2, -0.15) is 0 Å². The second kappa shape index (κ2) is 7.03. The van der Waals surface area contributed by atoms with Gasteiger partial charge in [-0.3, -0.25) is 0 Å². The summed E-state index contributed by atoms with van der Waals surface area (Å²) in [6, 6.07) is 37.9. The van der Waals surface area contributed by atoms with Crippen LogP contribution in [0, 0.1) is 0 Å². The zero-order chi connectivity index (χ0) is 18.9. The molecule has 1 nitrogen and oxygen atoms in total. The van der Waals surface area contributed by atoms with Crippen molar-refractivity contribution in [2.24, 2.45) is 0 Å². The van der Waals surface area contributed by atoms with Crippen molar-refractivity contribution in [3.8, 4) is 0 Å². The van der Waals surface area contributed by atoms with Crippen molar-refractivity contribution in [1.82, 2.24) is 0 Å². The number of para-hydroxylation sites is 1. The van der Waals surface area contributed by atoms with E-state index in [1.54, 1.807) is 0 Å². The average Bonchev–Trinajstić information content (AvgIpc) is 2.75. The van der Waals surface area contributed by atoms with E-state index < -0.39 is 0 Å². The Bertz CT molecular complexity index is 1280. The molecular formula is C26H18ClN. The van der Waals surface area contributed by atoms with Gasteiger partial charge in [-0.15, -0.1) is 0 Å². The molecule has 5 rings (SSSR count). The van der Waals surface area contributed by atoms with Gasteiger partial charge < -0.3 is 4.90 Å². The molecule has 5 aromatic carbocycles. The first-order chi connectivity index (χ1) is 13.8. The summed E-state index contributed by atoms with van der Waals surface area (Å²) in [5.74, 6) is 0. The lowest BCUT2D eigenvalue weighted by atomic mass is 10.0. The fourth-order valence-electron chi connectivity index (χ4n) is 3.77. The number of halogens is 1. The molecule has 28 heavy (non-hydrogen) atoms. The molecule has 2 heteroatoms. The highest BCUT2D eigenvalue weighted by molar-refractivity contribution is 6.30. The third-order valence-electron chi connectivity index (χ3n) is 5.07. The molecule has 0 saturated carbocycles. The summed E-state index contributed by atoms with van der Waals surface area (Å²) >= 11 is 6.31. The van der Waals surface area contributed by atoms with Crippen LogP contribution in [0.2, 0.25) is 5.02 Å². The standard InChI is InChI=1S/C26H18ClN/c27-21-8-6-11-23(17-21)28(22-9-2-1-3-10-22)24-16-15-20-14-13-19-7-4-5-12-25(19)26(20)18-24/h1-18H. The Labute approximate surface area is 169 Å². The minimum absolute atomic E-state index is 0.727. The van der Waals surface area contributed by atoms with Gasteiger partial charge in [0.05, 0.1) is 0 Å². The van der Waals surface area contributed by atoms with Crippen molar-refractivity contribution in [3.05, 3.63) is 114 Å². The molecule has 0 amide bonds. The van der Waals surface area contributed by atoms with Crippen molar-refractivity contribution in [1.29, 1.82) is 0 Å². The largest absolute Gasteiger partial charge is 0.310 e. The lowest BCUT2D eigenvalue weighted by Crippen LogP contribution is -2.09. The Morgan fingerprint density at radius 3 is 1.93 bits per heavy atom. The van der Waals surface area contributed by atoms with Crippen LogP contribution in [0.1, 0.15) is 0 Å². The van der Waals surface area contributed by atoms with Crippen LogP contribution >= 0.6 is 11.6 Å². The Morgan fingerprint density at radius 1 is 0.464 bits per heavy atom. The summed E-state index contributed by atoms with van der Waals surface area (Å²) in [5, 5.41) is 5.73. The van der Waals surface area contributed by atoms with Crippen LogP contribution in [0.5, 0.6) is 0 Å². The van der Waals surface area contributed by atoms with Gasteiger partial charge in [-0.1, -0.05) is 78.3 Å². The monoisotopic (exact) mass is 379 g/mol. The average molecular weight is 380 g/mol. The molecule has 0 fully saturated rings. The van der Waals surface area contributed by atoms with Gasteiger partial charge in [-0.25, -0.2) is 0 Å². The first-order valence-electron chi connectivity index (χ1n) is 9.32. The van der Waals surface area contributed by atoms with Gasteiger partial charge in [0.25, 0.3) is 0 Å².